The first kappa shape index (κ1) is 22.9. The molecule has 172 valence electrons. The number of nitrogens with zero attached hydrogens (tertiary/aromatic N) is 2. The van der Waals surface area contributed by atoms with E-state index in [1.165, 1.54) is 16.4 Å². The first-order valence-corrected chi connectivity index (χ1v) is 12.6. The predicted molar refractivity (Wildman–Crippen MR) is 122 cm³/mol. The number of hydrogen-bond donors (Lipinski definition) is 0. The summed E-state index contributed by atoms with van der Waals surface area (Å²) in [6.07, 6.45) is 0.749. The van der Waals surface area contributed by atoms with Gasteiger partial charge in [-0.1, -0.05) is 23.7 Å². The summed E-state index contributed by atoms with van der Waals surface area (Å²) in [6, 6.07) is 13.7. The number of halogens is 1. The molecular weight excluding hydrogens is 452 g/mol. The zero-order valence-electron chi connectivity index (χ0n) is 17.9. The van der Waals surface area contributed by atoms with Crippen molar-refractivity contribution in [1.29, 1.82) is 0 Å². The second-order valence-corrected chi connectivity index (χ2v) is 10.4. The Labute approximate surface area is 193 Å². The third kappa shape index (κ3) is 4.87. The number of carbonyl (C=O) groups is 1. The Morgan fingerprint density at radius 1 is 1.09 bits per heavy atom. The van der Waals surface area contributed by atoms with E-state index in [1.54, 1.807) is 17.0 Å². The molecule has 2 aromatic carbocycles. The van der Waals surface area contributed by atoms with Crippen LogP contribution in [0.15, 0.2) is 53.4 Å². The monoisotopic (exact) mass is 478 g/mol. The summed E-state index contributed by atoms with van der Waals surface area (Å²) in [6.45, 7) is 3.95. The van der Waals surface area contributed by atoms with E-state index < -0.39 is 10.0 Å². The van der Waals surface area contributed by atoms with Gasteiger partial charge in [-0.05, 0) is 56.2 Å². The Morgan fingerprint density at radius 3 is 2.41 bits per heavy atom. The topological polar surface area (TPSA) is 76.2 Å². The highest BCUT2D eigenvalue weighted by Gasteiger charge is 2.34. The van der Waals surface area contributed by atoms with E-state index in [2.05, 4.69) is 0 Å². The van der Waals surface area contributed by atoms with Crippen LogP contribution < -0.4 is 9.47 Å². The summed E-state index contributed by atoms with van der Waals surface area (Å²) in [4.78, 5) is 15.2. The van der Waals surface area contributed by atoms with Crippen LogP contribution in [0.5, 0.6) is 11.5 Å². The van der Waals surface area contributed by atoms with E-state index in [9.17, 15) is 13.2 Å². The first-order valence-electron chi connectivity index (χ1n) is 10.8. The lowest BCUT2D eigenvalue weighted by molar-refractivity contribution is -0.138. The number of para-hydroxylation sites is 2. The van der Waals surface area contributed by atoms with Crippen LogP contribution >= 0.6 is 11.6 Å². The molecule has 1 unspecified atom stereocenters. The van der Waals surface area contributed by atoms with E-state index in [0.29, 0.717) is 62.1 Å². The molecule has 1 fully saturated rings. The molecule has 0 N–H and O–H groups in total. The normalized spacial score (nSPS) is 19.5. The van der Waals surface area contributed by atoms with Crippen molar-refractivity contribution < 1.29 is 22.7 Å². The van der Waals surface area contributed by atoms with Crippen molar-refractivity contribution >= 4 is 27.5 Å². The maximum atomic E-state index is 13.2. The maximum absolute atomic E-state index is 13.2. The summed E-state index contributed by atoms with van der Waals surface area (Å²) >= 11 is 5.87. The van der Waals surface area contributed by atoms with E-state index >= 15 is 0 Å². The van der Waals surface area contributed by atoms with Gasteiger partial charge < -0.3 is 14.4 Å². The van der Waals surface area contributed by atoms with Gasteiger partial charge in [0.25, 0.3) is 0 Å². The zero-order valence-corrected chi connectivity index (χ0v) is 19.5. The molecule has 2 aromatic rings. The Bertz CT molecular complexity index is 1050. The van der Waals surface area contributed by atoms with Gasteiger partial charge in [0.15, 0.2) is 17.6 Å². The molecule has 2 aliphatic rings. The average molecular weight is 479 g/mol. The fourth-order valence-electron chi connectivity index (χ4n) is 4.13. The number of likely N-dealkylation sites (N-methyl/N-ethyl adjacent to an activating group) is 1. The van der Waals surface area contributed by atoms with Crippen molar-refractivity contribution in [2.75, 3.05) is 32.8 Å². The van der Waals surface area contributed by atoms with Gasteiger partial charge in [-0.2, -0.15) is 4.31 Å². The summed E-state index contributed by atoms with van der Waals surface area (Å²) in [7, 11) is -3.59. The molecule has 0 bridgehead atoms. The Balaban J connectivity index is 1.34. The molecule has 32 heavy (non-hydrogen) atoms. The van der Waals surface area contributed by atoms with Gasteiger partial charge in [0.2, 0.25) is 15.9 Å². The van der Waals surface area contributed by atoms with E-state index in [-0.39, 0.29) is 22.8 Å². The minimum atomic E-state index is -3.59. The molecule has 0 saturated carbocycles. The third-order valence-corrected chi connectivity index (χ3v) is 8.10. The molecule has 4 rings (SSSR count). The molecule has 1 atom stereocenters. The lowest BCUT2D eigenvalue weighted by Crippen LogP contribution is -2.48. The van der Waals surface area contributed by atoms with Crippen LogP contribution in [0.3, 0.4) is 0 Å². The van der Waals surface area contributed by atoms with Gasteiger partial charge in [-0.25, -0.2) is 8.42 Å². The van der Waals surface area contributed by atoms with Crippen LogP contribution in [-0.2, 0) is 14.8 Å². The van der Waals surface area contributed by atoms with Crippen molar-refractivity contribution in [2.45, 2.75) is 30.8 Å². The summed E-state index contributed by atoms with van der Waals surface area (Å²) in [5, 5.41) is 0.490. The molecule has 7 nitrogen and oxygen atoms in total. The first-order chi connectivity index (χ1) is 15.4. The van der Waals surface area contributed by atoms with Crippen LogP contribution in [0.25, 0.3) is 0 Å². The second kappa shape index (κ2) is 9.68. The molecule has 0 aliphatic carbocycles. The van der Waals surface area contributed by atoms with Gasteiger partial charge in [0, 0.05) is 30.6 Å². The number of rotatable bonds is 6. The van der Waals surface area contributed by atoms with Crippen LogP contribution in [0.1, 0.15) is 19.8 Å². The molecule has 0 radical (unpaired) electrons. The zero-order chi connectivity index (χ0) is 22.7. The summed E-state index contributed by atoms with van der Waals surface area (Å²) in [5.41, 5.74) is 0. The SMILES string of the molecule is CCN(CC1COc2ccccc2O1)C(=O)C1CCN(S(=O)(=O)c2ccc(Cl)cc2)CC1. The minimum Gasteiger partial charge on any atom is -0.486 e. The standard InChI is InChI=1S/C23H27ClN2O5S/c1-2-25(15-19-16-30-21-5-3-4-6-22(21)31-19)23(27)17-11-13-26(14-12-17)32(28,29)20-9-7-18(24)8-10-20/h3-10,17,19H,2,11-16H2,1H3. The van der Waals surface area contributed by atoms with Gasteiger partial charge in [0.05, 0.1) is 11.4 Å². The largest absolute Gasteiger partial charge is 0.486 e. The van der Waals surface area contributed by atoms with Crippen LogP contribution in [0.4, 0.5) is 0 Å². The van der Waals surface area contributed by atoms with Crippen LogP contribution in [0, 0.1) is 5.92 Å². The second-order valence-electron chi connectivity index (χ2n) is 8.01. The lowest BCUT2D eigenvalue weighted by Gasteiger charge is -2.35. The van der Waals surface area contributed by atoms with Gasteiger partial charge in [-0.15, -0.1) is 0 Å². The number of fused-ring (bicyclic) bond motifs is 1. The van der Waals surface area contributed by atoms with Crippen LogP contribution in [0.2, 0.25) is 5.02 Å². The van der Waals surface area contributed by atoms with Crippen molar-refractivity contribution in [3.05, 3.63) is 53.6 Å². The molecule has 1 saturated heterocycles. The summed E-state index contributed by atoms with van der Waals surface area (Å²) in [5.74, 6) is 1.24. The molecule has 1 amide bonds. The van der Waals surface area contributed by atoms with Gasteiger partial charge in [0.1, 0.15) is 6.61 Å². The number of piperidine rings is 1. The third-order valence-electron chi connectivity index (χ3n) is 5.94. The lowest BCUT2D eigenvalue weighted by atomic mass is 9.96. The highest BCUT2D eigenvalue weighted by atomic mass is 35.5. The van der Waals surface area contributed by atoms with Gasteiger partial charge in [-0.3, -0.25) is 4.79 Å². The average Bonchev–Trinajstić information content (AvgIpc) is 2.82. The molecule has 2 heterocycles. The number of ether oxygens (including phenoxy) is 2. The number of benzene rings is 2. The Morgan fingerprint density at radius 2 is 1.75 bits per heavy atom. The maximum Gasteiger partial charge on any atom is 0.243 e. The van der Waals surface area contributed by atoms with E-state index in [0.717, 1.165) is 0 Å². The van der Waals surface area contributed by atoms with Crippen molar-refractivity contribution in [1.82, 2.24) is 9.21 Å². The smallest absolute Gasteiger partial charge is 0.243 e. The molecule has 2 aliphatic heterocycles. The molecule has 0 spiro atoms. The van der Waals surface area contributed by atoms with Crippen molar-refractivity contribution in [2.24, 2.45) is 5.92 Å². The predicted octanol–water partition coefficient (Wildman–Crippen LogP) is 3.43. The number of sulfonamides is 1. The molecule has 0 aromatic heterocycles. The number of carbonyl (C=O) groups excluding carboxylic acids is 1. The van der Waals surface area contributed by atoms with Crippen LogP contribution in [-0.4, -0.2) is 62.4 Å². The Kier molecular flexibility index (Phi) is 6.93. The highest BCUT2D eigenvalue weighted by molar-refractivity contribution is 7.89. The number of amides is 1. The van der Waals surface area contributed by atoms with Gasteiger partial charge >= 0.3 is 0 Å². The fraction of sp³-hybridized carbons (Fsp3) is 0.435. The molecule has 9 heteroatoms. The quantitative estimate of drug-likeness (QED) is 0.635. The van der Waals surface area contributed by atoms with Crippen molar-refractivity contribution in [3.63, 3.8) is 0 Å². The fourth-order valence-corrected chi connectivity index (χ4v) is 5.73. The summed E-state index contributed by atoms with van der Waals surface area (Å²) < 4.78 is 39.0. The van der Waals surface area contributed by atoms with Crippen molar-refractivity contribution in [3.8, 4) is 11.5 Å². The Hall–Kier alpha value is -2.29. The number of hydrogen-bond acceptors (Lipinski definition) is 5. The highest BCUT2D eigenvalue weighted by Crippen LogP contribution is 2.31. The van der Waals surface area contributed by atoms with E-state index in [1.807, 2.05) is 31.2 Å². The van der Waals surface area contributed by atoms with E-state index in [4.69, 9.17) is 21.1 Å². The minimum absolute atomic E-state index is 0.0403. The molecular formula is C23H27ClN2O5S.